The zero-order chi connectivity index (χ0) is 23.8. The molecule has 1 amide bonds. The van der Waals surface area contributed by atoms with Crippen LogP contribution in [0, 0.1) is 0 Å². The molecule has 2 heterocycles. The van der Waals surface area contributed by atoms with Crippen LogP contribution in [0.2, 0.25) is 0 Å². The maximum absolute atomic E-state index is 13.3. The largest absolute Gasteiger partial charge is 0.507 e. The maximum Gasteiger partial charge on any atom is 0.300 e. The number of aromatic hydroxyl groups is 1. The van der Waals surface area contributed by atoms with Gasteiger partial charge in [-0.3, -0.25) is 14.5 Å². The Morgan fingerprint density at radius 3 is 2.44 bits per heavy atom. The molecule has 0 spiro atoms. The number of carbonyl (C=O) groups is 2. The van der Waals surface area contributed by atoms with Crippen LogP contribution in [0.4, 0.5) is 5.69 Å². The summed E-state index contributed by atoms with van der Waals surface area (Å²) < 4.78 is 16.6. The lowest BCUT2D eigenvalue weighted by Gasteiger charge is -2.27. The molecule has 8 nitrogen and oxygen atoms in total. The predicted octanol–water partition coefficient (Wildman–Crippen LogP) is 3.80. The van der Waals surface area contributed by atoms with E-state index < -0.39 is 17.7 Å². The molecule has 0 saturated carbocycles. The number of aliphatic hydroxyl groups excluding tert-OH is 1. The second-order valence-corrected chi connectivity index (χ2v) is 7.76. The van der Waals surface area contributed by atoms with Gasteiger partial charge in [0.2, 0.25) is 0 Å². The molecule has 172 valence electrons. The van der Waals surface area contributed by atoms with Crippen molar-refractivity contribution in [2.24, 2.45) is 0 Å². The molecule has 3 aromatic carbocycles. The van der Waals surface area contributed by atoms with Crippen LogP contribution in [0.3, 0.4) is 0 Å². The van der Waals surface area contributed by atoms with Gasteiger partial charge in [-0.15, -0.1) is 0 Å². The summed E-state index contributed by atoms with van der Waals surface area (Å²) in [4.78, 5) is 27.7. The number of phenolic OH excluding ortho intramolecular Hbond substituents is 1. The summed E-state index contributed by atoms with van der Waals surface area (Å²) in [6.45, 7) is 0.772. The number of carbonyl (C=O) groups excluding carboxylic acids is 2. The standard InChI is InChI=1S/C26H21NO7/c1-32-19-9-5-2-6-16(19)23-22(24(29)15-10-11-20-21(14-15)34-13-12-33-20)25(30)26(31)27(23)17-7-3-4-8-18(17)28/h2-11,14,23,28-29H,12-13H2,1H3/b24-22+. The van der Waals surface area contributed by atoms with Crippen molar-refractivity contribution < 1.29 is 34.0 Å². The molecule has 1 fully saturated rings. The lowest BCUT2D eigenvalue weighted by atomic mass is 9.94. The lowest BCUT2D eigenvalue weighted by molar-refractivity contribution is -0.132. The number of anilines is 1. The first-order valence-electron chi connectivity index (χ1n) is 10.6. The fourth-order valence-corrected chi connectivity index (χ4v) is 4.28. The molecule has 2 aliphatic heterocycles. The number of rotatable bonds is 4. The average Bonchev–Trinajstić information content (AvgIpc) is 3.13. The predicted molar refractivity (Wildman–Crippen MR) is 123 cm³/mol. The zero-order valence-corrected chi connectivity index (χ0v) is 18.2. The fraction of sp³-hybridized carbons (Fsp3) is 0.154. The van der Waals surface area contributed by atoms with Gasteiger partial charge in [0, 0.05) is 11.1 Å². The number of hydrogen-bond donors (Lipinski definition) is 2. The number of aliphatic hydroxyl groups is 1. The Balaban J connectivity index is 1.74. The van der Waals surface area contributed by atoms with Crippen LogP contribution in [0.1, 0.15) is 17.2 Å². The molecule has 0 bridgehead atoms. The number of ketones is 1. The third-order valence-electron chi connectivity index (χ3n) is 5.83. The number of Topliss-reactive ketones (excluding diaryl/α,β-unsaturated/α-hetero) is 1. The highest BCUT2D eigenvalue weighted by Gasteiger charge is 2.48. The fourth-order valence-electron chi connectivity index (χ4n) is 4.28. The van der Waals surface area contributed by atoms with E-state index >= 15 is 0 Å². The molecule has 1 unspecified atom stereocenters. The number of nitrogens with zero attached hydrogens (tertiary/aromatic N) is 1. The summed E-state index contributed by atoms with van der Waals surface area (Å²) in [6.07, 6.45) is 0. The van der Waals surface area contributed by atoms with Gasteiger partial charge in [0.25, 0.3) is 11.7 Å². The van der Waals surface area contributed by atoms with E-state index in [-0.39, 0.29) is 22.8 Å². The van der Waals surface area contributed by atoms with E-state index in [1.54, 1.807) is 54.6 Å². The van der Waals surface area contributed by atoms with Gasteiger partial charge < -0.3 is 24.4 Å². The Hall–Kier alpha value is -4.46. The number of para-hydroxylation sites is 3. The van der Waals surface area contributed by atoms with Gasteiger partial charge in [-0.2, -0.15) is 0 Å². The second kappa shape index (κ2) is 8.47. The molecule has 3 aromatic rings. The summed E-state index contributed by atoms with van der Waals surface area (Å²) in [5.74, 6) is -0.934. The zero-order valence-electron chi connectivity index (χ0n) is 18.2. The van der Waals surface area contributed by atoms with Gasteiger partial charge >= 0.3 is 0 Å². The first kappa shape index (κ1) is 21.4. The molecule has 1 saturated heterocycles. The van der Waals surface area contributed by atoms with Crippen LogP contribution in [0.15, 0.2) is 72.3 Å². The van der Waals surface area contributed by atoms with Crippen molar-refractivity contribution >= 4 is 23.1 Å². The summed E-state index contributed by atoms with van der Waals surface area (Å²) in [6, 6.07) is 16.9. The van der Waals surface area contributed by atoms with Crippen molar-refractivity contribution in [2.45, 2.75) is 6.04 Å². The normalized spacial score (nSPS) is 18.7. The number of methoxy groups -OCH3 is 1. The Morgan fingerprint density at radius 1 is 0.971 bits per heavy atom. The highest BCUT2D eigenvalue weighted by molar-refractivity contribution is 6.52. The van der Waals surface area contributed by atoms with E-state index in [1.165, 1.54) is 24.1 Å². The molecular formula is C26H21NO7. The van der Waals surface area contributed by atoms with Gasteiger partial charge in [0.15, 0.2) is 11.5 Å². The summed E-state index contributed by atoms with van der Waals surface area (Å²) in [5, 5.41) is 21.8. The van der Waals surface area contributed by atoms with Crippen LogP contribution >= 0.6 is 0 Å². The first-order chi connectivity index (χ1) is 16.5. The Bertz CT molecular complexity index is 1330. The molecule has 0 radical (unpaired) electrons. The van der Waals surface area contributed by atoms with E-state index in [9.17, 15) is 19.8 Å². The highest BCUT2D eigenvalue weighted by atomic mass is 16.6. The third kappa shape index (κ3) is 3.40. The minimum Gasteiger partial charge on any atom is -0.507 e. The maximum atomic E-state index is 13.3. The van der Waals surface area contributed by atoms with Crippen LogP contribution in [-0.4, -0.2) is 42.2 Å². The molecule has 0 aromatic heterocycles. The minimum atomic E-state index is -1.04. The van der Waals surface area contributed by atoms with Crippen LogP contribution in [0.5, 0.6) is 23.0 Å². The minimum absolute atomic E-state index is 0.130. The van der Waals surface area contributed by atoms with Crippen LogP contribution in [-0.2, 0) is 9.59 Å². The van der Waals surface area contributed by atoms with E-state index in [0.29, 0.717) is 41.6 Å². The third-order valence-corrected chi connectivity index (χ3v) is 5.83. The summed E-state index contributed by atoms with van der Waals surface area (Å²) >= 11 is 0. The lowest BCUT2D eigenvalue weighted by Crippen LogP contribution is -2.29. The van der Waals surface area contributed by atoms with E-state index in [4.69, 9.17) is 14.2 Å². The Kier molecular flexibility index (Phi) is 5.33. The van der Waals surface area contributed by atoms with Crippen molar-refractivity contribution in [3.8, 4) is 23.0 Å². The molecule has 5 rings (SSSR count). The molecule has 0 aliphatic carbocycles. The molecule has 1 atom stereocenters. The number of hydrogen-bond acceptors (Lipinski definition) is 7. The number of ether oxygens (including phenoxy) is 3. The SMILES string of the molecule is COc1ccccc1C1/C(=C(\O)c2ccc3c(c2)OCCO3)C(=O)C(=O)N1c1ccccc1O. The van der Waals surface area contributed by atoms with Gasteiger partial charge in [-0.25, -0.2) is 0 Å². The van der Waals surface area contributed by atoms with Gasteiger partial charge in [-0.05, 0) is 36.4 Å². The Labute approximate surface area is 195 Å². The van der Waals surface area contributed by atoms with Crippen LogP contribution < -0.4 is 19.1 Å². The monoisotopic (exact) mass is 459 g/mol. The smallest absolute Gasteiger partial charge is 0.300 e. The number of fused-ring (bicyclic) bond motifs is 1. The number of amides is 1. The highest BCUT2D eigenvalue weighted by Crippen LogP contribution is 2.47. The molecule has 2 N–H and O–H groups in total. The quantitative estimate of drug-likeness (QED) is 0.347. The first-order valence-corrected chi connectivity index (χ1v) is 10.6. The van der Waals surface area contributed by atoms with E-state index in [1.807, 2.05) is 0 Å². The molecular weight excluding hydrogens is 438 g/mol. The van der Waals surface area contributed by atoms with E-state index in [2.05, 4.69) is 0 Å². The second-order valence-electron chi connectivity index (χ2n) is 7.76. The topological polar surface area (TPSA) is 106 Å². The summed E-state index contributed by atoms with van der Waals surface area (Å²) in [5.41, 5.74) is 0.780. The van der Waals surface area contributed by atoms with E-state index in [0.717, 1.165) is 0 Å². The molecule has 2 aliphatic rings. The van der Waals surface area contributed by atoms with Crippen LogP contribution in [0.25, 0.3) is 5.76 Å². The number of benzene rings is 3. The molecule has 34 heavy (non-hydrogen) atoms. The van der Waals surface area contributed by atoms with Crippen molar-refractivity contribution in [3.05, 3.63) is 83.4 Å². The van der Waals surface area contributed by atoms with Crippen molar-refractivity contribution in [1.82, 2.24) is 0 Å². The van der Waals surface area contributed by atoms with Crippen molar-refractivity contribution in [3.63, 3.8) is 0 Å². The average molecular weight is 459 g/mol. The number of phenols is 1. The molecule has 8 heteroatoms. The van der Waals surface area contributed by atoms with Gasteiger partial charge in [0.1, 0.15) is 30.5 Å². The van der Waals surface area contributed by atoms with Gasteiger partial charge in [0.05, 0.1) is 24.4 Å². The van der Waals surface area contributed by atoms with Crippen molar-refractivity contribution in [2.75, 3.05) is 25.2 Å². The van der Waals surface area contributed by atoms with Gasteiger partial charge in [-0.1, -0.05) is 30.3 Å². The summed E-state index contributed by atoms with van der Waals surface area (Å²) in [7, 11) is 1.48. The Morgan fingerprint density at radius 2 is 1.68 bits per heavy atom. The van der Waals surface area contributed by atoms with Crippen molar-refractivity contribution in [1.29, 1.82) is 0 Å².